The third kappa shape index (κ3) is 8.26. The van der Waals surface area contributed by atoms with Gasteiger partial charge in [-0.05, 0) is 36.6 Å². The first-order valence-corrected chi connectivity index (χ1v) is 9.88. The fourth-order valence-electron chi connectivity index (χ4n) is 2.09. The molecule has 0 amide bonds. The van der Waals surface area contributed by atoms with Crippen molar-refractivity contribution in [1.29, 1.82) is 0 Å². The average molecular weight is 359 g/mol. The number of methoxy groups -OCH3 is 1. The van der Waals surface area contributed by atoms with Crippen LogP contribution in [-0.4, -0.2) is 47.4 Å². The quantitative estimate of drug-likeness (QED) is 0.396. The summed E-state index contributed by atoms with van der Waals surface area (Å²) in [5.74, 6) is 0.0642. The average Bonchev–Trinajstić information content (AvgIpc) is 2.50. The first-order chi connectivity index (χ1) is 11.4. The van der Waals surface area contributed by atoms with Crippen molar-refractivity contribution >= 4 is 15.8 Å². The second-order valence-electron chi connectivity index (χ2n) is 5.45. The van der Waals surface area contributed by atoms with E-state index in [2.05, 4.69) is 15.6 Å². The van der Waals surface area contributed by atoms with Gasteiger partial charge in [-0.3, -0.25) is 0 Å². The minimum absolute atomic E-state index is 0.129. The van der Waals surface area contributed by atoms with Gasteiger partial charge in [0.25, 0.3) is 0 Å². The van der Waals surface area contributed by atoms with Crippen LogP contribution in [0.15, 0.2) is 23.2 Å². The van der Waals surface area contributed by atoms with Crippen LogP contribution in [0.25, 0.3) is 0 Å². The van der Waals surface area contributed by atoms with Crippen molar-refractivity contribution in [1.82, 2.24) is 10.6 Å². The van der Waals surface area contributed by atoms with E-state index in [-0.39, 0.29) is 12.3 Å². The van der Waals surface area contributed by atoms with Crippen molar-refractivity contribution in [3.8, 4) is 0 Å². The first kappa shape index (κ1) is 20.4. The molecule has 8 heteroatoms. The highest BCUT2D eigenvalue weighted by Gasteiger charge is 2.10. The molecule has 136 valence electrons. The Hall–Kier alpha value is -1.67. The van der Waals surface area contributed by atoms with Gasteiger partial charge in [0.1, 0.15) is 5.82 Å². The lowest BCUT2D eigenvalue weighted by molar-refractivity contribution is 0.195. The zero-order chi connectivity index (χ0) is 18.0. The van der Waals surface area contributed by atoms with Crippen molar-refractivity contribution in [2.24, 2.45) is 4.99 Å². The molecular weight excluding hydrogens is 333 g/mol. The predicted octanol–water partition coefficient (Wildman–Crippen LogP) is 1.46. The molecule has 1 aromatic carbocycles. The van der Waals surface area contributed by atoms with Crippen molar-refractivity contribution in [2.75, 3.05) is 33.1 Å². The number of benzene rings is 1. The van der Waals surface area contributed by atoms with E-state index < -0.39 is 15.7 Å². The minimum atomic E-state index is -3.20. The smallest absolute Gasteiger partial charge is 0.191 e. The molecule has 1 aromatic rings. The molecule has 0 aliphatic carbocycles. The Bertz CT molecular complexity index is 648. The SMILES string of the molecule is CCNC(=NCc1cc(F)ccc1CS(C)(=O)=O)NCCCOC. The molecule has 0 saturated carbocycles. The van der Waals surface area contributed by atoms with E-state index in [0.29, 0.717) is 36.8 Å². The minimum Gasteiger partial charge on any atom is -0.385 e. The number of halogens is 1. The van der Waals surface area contributed by atoms with Gasteiger partial charge < -0.3 is 15.4 Å². The van der Waals surface area contributed by atoms with E-state index in [9.17, 15) is 12.8 Å². The second kappa shape index (κ2) is 10.2. The number of nitrogens with one attached hydrogen (secondary N) is 2. The molecule has 0 radical (unpaired) electrons. The van der Waals surface area contributed by atoms with Crippen LogP contribution >= 0.6 is 0 Å². The normalized spacial score (nSPS) is 12.2. The Labute approximate surface area is 143 Å². The molecule has 0 spiro atoms. The van der Waals surface area contributed by atoms with E-state index in [1.807, 2.05) is 6.92 Å². The Morgan fingerprint density at radius 1 is 1.29 bits per heavy atom. The number of hydrogen-bond acceptors (Lipinski definition) is 4. The van der Waals surface area contributed by atoms with Gasteiger partial charge in [0.15, 0.2) is 15.8 Å². The van der Waals surface area contributed by atoms with Gasteiger partial charge >= 0.3 is 0 Å². The summed E-state index contributed by atoms with van der Waals surface area (Å²) < 4.78 is 41.5. The number of nitrogens with zero attached hydrogens (tertiary/aromatic N) is 1. The summed E-state index contributed by atoms with van der Waals surface area (Å²) >= 11 is 0. The molecular formula is C16H26FN3O3S. The number of rotatable bonds is 9. The molecule has 2 N–H and O–H groups in total. The lowest BCUT2D eigenvalue weighted by Gasteiger charge is -2.12. The lowest BCUT2D eigenvalue weighted by atomic mass is 10.1. The maximum absolute atomic E-state index is 13.5. The second-order valence-corrected chi connectivity index (χ2v) is 7.59. The van der Waals surface area contributed by atoms with Crippen molar-refractivity contribution in [2.45, 2.75) is 25.6 Å². The van der Waals surface area contributed by atoms with Gasteiger partial charge in [-0.15, -0.1) is 0 Å². The van der Waals surface area contributed by atoms with Crippen molar-refractivity contribution in [3.63, 3.8) is 0 Å². The summed E-state index contributed by atoms with van der Waals surface area (Å²) in [5, 5.41) is 6.25. The standard InChI is InChI=1S/C16H26FN3O3S/c1-4-18-16(19-8-5-9-23-2)20-11-14-10-15(17)7-6-13(14)12-24(3,21)22/h6-7,10H,4-5,8-9,11-12H2,1-3H3,(H2,18,19,20). The number of guanidine groups is 1. The maximum Gasteiger partial charge on any atom is 0.191 e. The van der Waals surface area contributed by atoms with E-state index in [1.165, 1.54) is 18.2 Å². The van der Waals surface area contributed by atoms with E-state index >= 15 is 0 Å². The highest BCUT2D eigenvalue weighted by Crippen LogP contribution is 2.15. The van der Waals surface area contributed by atoms with E-state index in [1.54, 1.807) is 7.11 Å². The topological polar surface area (TPSA) is 79.8 Å². The third-order valence-corrected chi connectivity index (χ3v) is 3.99. The molecule has 0 heterocycles. The Morgan fingerprint density at radius 2 is 2.04 bits per heavy atom. The molecule has 6 nitrogen and oxygen atoms in total. The van der Waals surface area contributed by atoms with Crippen molar-refractivity contribution < 1.29 is 17.5 Å². The fraction of sp³-hybridized carbons (Fsp3) is 0.562. The summed E-state index contributed by atoms with van der Waals surface area (Å²) in [6.07, 6.45) is 1.99. The van der Waals surface area contributed by atoms with Crippen molar-refractivity contribution in [3.05, 3.63) is 35.1 Å². The summed E-state index contributed by atoms with van der Waals surface area (Å²) in [7, 11) is -1.55. The van der Waals surface area contributed by atoms with Gasteiger partial charge in [-0.2, -0.15) is 0 Å². The van der Waals surface area contributed by atoms with E-state index in [4.69, 9.17) is 4.74 Å². The summed E-state index contributed by atoms with van der Waals surface area (Å²) in [6, 6.07) is 4.10. The van der Waals surface area contributed by atoms with Crippen LogP contribution in [-0.2, 0) is 26.9 Å². The van der Waals surface area contributed by atoms with Crippen LogP contribution in [0.3, 0.4) is 0 Å². The van der Waals surface area contributed by atoms with Gasteiger partial charge in [0, 0.05) is 33.1 Å². The molecule has 0 aromatic heterocycles. The highest BCUT2D eigenvalue weighted by atomic mass is 32.2. The molecule has 0 bridgehead atoms. The Balaban J connectivity index is 2.85. The maximum atomic E-state index is 13.5. The van der Waals surface area contributed by atoms with Crippen LogP contribution in [0, 0.1) is 5.82 Å². The number of hydrogen-bond donors (Lipinski definition) is 2. The van der Waals surface area contributed by atoms with Crippen LogP contribution in [0.4, 0.5) is 4.39 Å². The van der Waals surface area contributed by atoms with Gasteiger partial charge in [-0.1, -0.05) is 6.07 Å². The van der Waals surface area contributed by atoms with Crippen LogP contribution < -0.4 is 10.6 Å². The summed E-state index contributed by atoms with van der Waals surface area (Å²) in [6.45, 7) is 4.18. The van der Waals surface area contributed by atoms with Gasteiger partial charge in [0.2, 0.25) is 0 Å². The van der Waals surface area contributed by atoms with Gasteiger partial charge in [-0.25, -0.2) is 17.8 Å². The number of aliphatic imine (C=N–C) groups is 1. The molecule has 0 unspecified atom stereocenters. The van der Waals surface area contributed by atoms with E-state index in [0.717, 1.165) is 12.7 Å². The summed E-state index contributed by atoms with van der Waals surface area (Å²) in [5.41, 5.74) is 1.13. The molecule has 0 aliphatic heterocycles. The number of ether oxygens (including phenoxy) is 1. The van der Waals surface area contributed by atoms with Gasteiger partial charge in [0.05, 0.1) is 12.3 Å². The first-order valence-electron chi connectivity index (χ1n) is 7.82. The summed E-state index contributed by atoms with van der Waals surface area (Å²) in [4.78, 5) is 4.41. The highest BCUT2D eigenvalue weighted by molar-refractivity contribution is 7.89. The monoisotopic (exact) mass is 359 g/mol. The molecule has 0 aliphatic rings. The molecule has 0 atom stereocenters. The number of sulfone groups is 1. The molecule has 1 rings (SSSR count). The van der Waals surface area contributed by atoms with Crippen LogP contribution in [0.5, 0.6) is 0 Å². The molecule has 0 saturated heterocycles. The predicted molar refractivity (Wildman–Crippen MR) is 94.3 cm³/mol. The van der Waals surface area contributed by atoms with Crippen LogP contribution in [0.2, 0.25) is 0 Å². The third-order valence-electron chi connectivity index (χ3n) is 3.16. The molecule has 24 heavy (non-hydrogen) atoms. The zero-order valence-corrected chi connectivity index (χ0v) is 15.2. The van der Waals surface area contributed by atoms with Crippen LogP contribution in [0.1, 0.15) is 24.5 Å². The largest absolute Gasteiger partial charge is 0.385 e. The fourth-order valence-corrected chi connectivity index (χ4v) is 2.94. The Morgan fingerprint density at radius 3 is 2.67 bits per heavy atom. The zero-order valence-electron chi connectivity index (χ0n) is 14.4. The Kier molecular flexibility index (Phi) is 8.70. The lowest BCUT2D eigenvalue weighted by Crippen LogP contribution is -2.38. The molecule has 0 fully saturated rings.